The molecule has 0 aromatic heterocycles. The van der Waals surface area contributed by atoms with Crippen LogP contribution in [0.2, 0.25) is 0 Å². The van der Waals surface area contributed by atoms with E-state index >= 15 is 0 Å². The Morgan fingerprint density at radius 2 is 1.88 bits per heavy atom. The van der Waals surface area contributed by atoms with Crippen LogP contribution >= 0.6 is 0 Å². The van der Waals surface area contributed by atoms with Crippen molar-refractivity contribution < 1.29 is 17.1 Å². The number of nitriles is 1. The Labute approximate surface area is 108 Å². The molecule has 2 aromatic carbocycles. The zero-order chi connectivity index (χ0) is 11.1. The largest absolute Gasteiger partial charge is 2.00 e. The second-order valence-corrected chi connectivity index (χ2v) is 3.62. The molecular formula is C14H15FeN. The molecule has 0 aliphatic carbocycles. The normalized spacial score (nSPS) is 8.62. The van der Waals surface area contributed by atoms with Crippen LogP contribution in [0.15, 0.2) is 48.5 Å². The van der Waals surface area contributed by atoms with Gasteiger partial charge in [0.2, 0.25) is 0 Å². The summed E-state index contributed by atoms with van der Waals surface area (Å²) >= 11 is 0. The Hall–Kier alpha value is -1.29. The first-order valence-electron chi connectivity index (χ1n) is 5.08. The molecule has 0 spiro atoms. The fraction of sp³-hybridized carbons (Fsp3) is 0.214. The first kappa shape index (κ1) is 14.7. The summed E-state index contributed by atoms with van der Waals surface area (Å²) in [5.74, 6) is 0.463. The van der Waals surface area contributed by atoms with Crippen LogP contribution in [-0.4, -0.2) is 0 Å². The van der Waals surface area contributed by atoms with E-state index in [0.717, 1.165) is 11.1 Å². The Kier molecular flexibility index (Phi) is 7.29. The topological polar surface area (TPSA) is 23.8 Å². The smallest absolute Gasteiger partial charge is 0.262 e. The molecule has 0 radical (unpaired) electrons. The summed E-state index contributed by atoms with van der Waals surface area (Å²) in [6.45, 7) is 4.19. The van der Waals surface area contributed by atoms with Gasteiger partial charge >= 0.3 is 17.1 Å². The van der Waals surface area contributed by atoms with Crippen LogP contribution in [0.5, 0.6) is 0 Å². The van der Waals surface area contributed by atoms with E-state index in [1.54, 1.807) is 0 Å². The minimum absolute atomic E-state index is 0. The van der Waals surface area contributed by atoms with Crippen LogP contribution in [0.4, 0.5) is 0 Å². The van der Waals surface area contributed by atoms with E-state index in [2.05, 4.69) is 19.9 Å². The Morgan fingerprint density at radius 3 is 2.19 bits per heavy atom. The van der Waals surface area contributed by atoms with Crippen LogP contribution in [0.3, 0.4) is 0 Å². The van der Waals surface area contributed by atoms with Gasteiger partial charge in [0.05, 0.1) is 0 Å². The van der Waals surface area contributed by atoms with Gasteiger partial charge in [0, 0.05) is 0 Å². The molecule has 0 heterocycles. The molecule has 0 atom stereocenters. The Balaban J connectivity index is 0.000000318. The van der Waals surface area contributed by atoms with Gasteiger partial charge in [-0.2, -0.15) is 30.3 Å². The fourth-order valence-electron chi connectivity index (χ4n) is 1.36. The van der Waals surface area contributed by atoms with Gasteiger partial charge in [0.1, 0.15) is 0 Å². The Morgan fingerprint density at radius 1 is 1.25 bits per heavy atom. The minimum atomic E-state index is 0. The van der Waals surface area contributed by atoms with E-state index in [0.29, 0.717) is 5.92 Å². The van der Waals surface area contributed by atoms with E-state index in [-0.39, 0.29) is 17.1 Å². The molecule has 2 heteroatoms. The van der Waals surface area contributed by atoms with Crippen LogP contribution in [0.25, 0.3) is 0 Å². The van der Waals surface area contributed by atoms with Crippen molar-refractivity contribution >= 4 is 0 Å². The van der Waals surface area contributed by atoms with Crippen molar-refractivity contribution in [1.29, 1.82) is 5.26 Å². The third-order valence-electron chi connectivity index (χ3n) is 2.15. The van der Waals surface area contributed by atoms with Crippen LogP contribution < -0.4 is 0 Å². The van der Waals surface area contributed by atoms with Crippen LogP contribution in [-0.2, 0) is 17.1 Å². The monoisotopic (exact) mass is 253 g/mol. The maximum absolute atomic E-state index is 8.61. The van der Waals surface area contributed by atoms with Crippen molar-refractivity contribution in [3.63, 3.8) is 0 Å². The maximum Gasteiger partial charge on any atom is 2.00 e. The summed E-state index contributed by atoms with van der Waals surface area (Å²) in [5.41, 5.74) is 1.97. The SMILES string of the molecule is CC(C)[c-]1cccc1C#N.[Fe+2].c1cc[cH-]c1. The molecular weight excluding hydrogens is 238 g/mol. The molecule has 16 heavy (non-hydrogen) atoms. The summed E-state index contributed by atoms with van der Waals surface area (Å²) < 4.78 is 0. The van der Waals surface area contributed by atoms with Gasteiger partial charge in [-0.05, 0) is 6.07 Å². The summed E-state index contributed by atoms with van der Waals surface area (Å²) in [6, 6.07) is 17.9. The van der Waals surface area contributed by atoms with Gasteiger partial charge in [-0.1, -0.05) is 25.3 Å². The standard InChI is InChI=1S/C9H10N.C5H5.Fe/c1-7(2)9-5-3-4-8(9)6-10;1-2-4-5-3-1;/h3-5,7H,1-2H3;1-5H;/q2*-1;+2. The molecule has 0 unspecified atom stereocenters. The third-order valence-corrected chi connectivity index (χ3v) is 2.15. The predicted octanol–water partition coefficient (Wildman–Crippen LogP) is 3.80. The summed E-state index contributed by atoms with van der Waals surface area (Å²) in [5, 5.41) is 8.61. The van der Waals surface area contributed by atoms with Crippen molar-refractivity contribution in [2.75, 3.05) is 0 Å². The van der Waals surface area contributed by atoms with Gasteiger partial charge in [-0.25, -0.2) is 12.1 Å². The average molecular weight is 253 g/mol. The first-order chi connectivity index (χ1) is 7.25. The van der Waals surface area contributed by atoms with Gasteiger partial charge in [0.25, 0.3) is 0 Å². The van der Waals surface area contributed by atoms with Crippen molar-refractivity contribution in [2.24, 2.45) is 0 Å². The van der Waals surface area contributed by atoms with Crippen LogP contribution in [0, 0.1) is 11.3 Å². The fourth-order valence-corrected chi connectivity index (χ4v) is 1.36. The molecule has 0 aliphatic rings. The third kappa shape index (κ3) is 4.49. The molecule has 84 valence electrons. The van der Waals surface area contributed by atoms with Crippen LogP contribution in [0.1, 0.15) is 30.9 Å². The second kappa shape index (κ2) is 7.93. The molecule has 0 saturated carbocycles. The van der Waals surface area contributed by atoms with Crippen molar-refractivity contribution in [2.45, 2.75) is 19.8 Å². The van der Waals surface area contributed by atoms with E-state index in [1.807, 2.05) is 48.5 Å². The van der Waals surface area contributed by atoms with E-state index in [4.69, 9.17) is 5.26 Å². The minimum Gasteiger partial charge on any atom is -0.262 e. The van der Waals surface area contributed by atoms with Gasteiger partial charge in [-0.3, -0.25) is 5.26 Å². The predicted molar refractivity (Wildman–Crippen MR) is 62.9 cm³/mol. The van der Waals surface area contributed by atoms with Gasteiger partial charge in [-0.15, -0.1) is 11.6 Å². The molecule has 0 fully saturated rings. The summed E-state index contributed by atoms with van der Waals surface area (Å²) in [7, 11) is 0. The molecule has 0 amide bonds. The molecule has 0 aliphatic heterocycles. The zero-order valence-electron chi connectivity index (χ0n) is 9.50. The summed E-state index contributed by atoms with van der Waals surface area (Å²) in [4.78, 5) is 0. The zero-order valence-corrected chi connectivity index (χ0v) is 10.6. The number of hydrogen-bond acceptors (Lipinski definition) is 1. The molecule has 0 bridgehead atoms. The molecule has 2 rings (SSSR count). The molecule has 2 aromatic rings. The molecule has 0 N–H and O–H groups in total. The quantitative estimate of drug-likeness (QED) is 0.560. The second-order valence-electron chi connectivity index (χ2n) is 3.62. The number of nitrogens with zero attached hydrogens (tertiary/aromatic N) is 1. The van der Waals surface area contributed by atoms with Crippen molar-refractivity contribution in [3.05, 3.63) is 59.7 Å². The molecule has 0 saturated heterocycles. The summed E-state index contributed by atoms with van der Waals surface area (Å²) in [6.07, 6.45) is 0. The number of hydrogen-bond donors (Lipinski definition) is 0. The molecule has 1 nitrogen and oxygen atoms in total. The van der Waals surface area contributed by atoms with Crippen molar-refractivity contribution in [3.8, 4) is 6.07 Å². The van der Waals surface area contributed by atoms with E-state index < -0.39 is 0 Å². The average Bonchev–Trinajstić information content (AvgIpc) is 2.92. The Bertz CT molecular complexity index is 387. The maximum atomic E-state index is 8.61. The van der Waals surface area contributed by atoms with Crippen molar-refractivity contribution in [1.82, 2.24) is 0 Å². The van der Waals surface area contributed by atoms with E-state index in [1.165, 1.54) is 0 Å². The first-order valence-corrected chi connectivity index (χ1v) is 5.08. The number of rotatable bonds is 1. The van der Waals surface area contributed by atoms with E-state index in [9.17, 15) is 0 Å². The van der Waals surface area contributed by atoms with Gasteiger partial charge < -0.3 is 0 Å². The van der Waals surface area contributed by atoms with Gasteiger partial charge in [0.15, 0.2) is 0 Å².